The number of nitrogens with zero attached hydrogens (tertiary/aromatic N) is 5. The van der Waals surface area contributed by atoms with E-state index in [1.807, 2.05) is 0 Å². The van der Waals surface area contributed by atoms with Gasteiger partial charge in [-0.2, -0.15) is 9.36 Å². The third kappa shape index (κ3) is 9.75. The molecule has 1 unspecified atom stereocenters. The van der Waals surface area contributed by atoms with Crippen LogP contribution in [0.4, 0.5) is 5.13 Å². The SMILES string of the molecule is CCCCCCCCCCCCOC(=O)c1cc[n+](CC2=C(C(=O)[O-])N3C(=O)C(NC(=O)C(=NOCC)c4nsc(N)n4)[C@@H]3SC2)cc1. The number of hydrogen-bond acceptors (Lipinski definition) is 13. The van der Waals surface area contributed by atoms with Crippen LogP contribution in [0.25, 0.3) is 0 Å². The molecule has 0 bridgehead atoms. The molecule has 0 aromatic carbocycles. The van der Waals surface area contributed by atoms with Gasteiger partial charge in [0.05, 0.1) is 23.8 Å². The van der Waals surface area contributed by atoms with E-state index in [-0.39, 0.29) is 41.3 Å². The predicted octanol–water partition coefficient (Wildman–Crippen LogP) is 2.33. The highest BCUT2D eigenvalue weighted by atomic mass is 32.2. The topological polar surface area (TPSA) is 193 Å². The van der Waals surface area contributed by atoms with E-state index in [1.165, 1.54) is 56.7 Å². The fraction of sp³-hybridized carbons (Fsp3) is 0.562. The van der Waals surface area contributed by atoms with Crippen molar-refractivity contribution >= 4 is 57.9 Å². The minimum atomic E-state index is -1.50. The molecule has 0 spiro atoms. The third-order valence-corrected chi connectivity index (χ3v) is 9.79. The van der Waals surface area contributed by atoms with Crippen molar-refractivity contribution in [2.45, 2.75) is 96.0 Å². The Hall–Kier alpha value is -4.05. The van der Waals surface area contributed by atoms with Crippen LogP contribution in [0.1, 0.15) is 94.2 Å². The number of carboxylic acid groups (broad SMARTS) is 1. The number of ether oxygens (including phenoxy) is 1. The number of hydrogen-bond donors (Lipinski definition) is 2. The summed E-state index contributed by atoms with van der Waals surface area (Å²) in [5, 5.41) is 18.1. The van der Waals surface area contributed by atoms with Crippen LogP contribution in [0, 0.1) is 0 Å². The lowest BCUT2D eigenvalue weighted by molar-refractivity contribution is -0.689. The van der Waals surface area contributed by atoms with Crippen LogP contribution in [0.3, 0.4) is 0 Å². The van der Waals surface area contributed by atoms with Crippen molar-refractivity contribution in [3.63, 3.8) is 0 Å². The molecule has 0 radical (unpaired) electrons. The van der Waals surface area contributed by atoms with Crippen LogP contribution in [0.15, 0.2) is 41.0 Å². The maximum absolute atomic E-state index is 13.2. The molecule has 260 valence electrons. The number of esters is 1. The summed E-state index contributed by atoms with van der Waals surface area (Å²) in [6.07, 6.45) is 15.3. The Kier molecular flexibility index (Phi) is 14.2. The summed E-state index contributed by atoms with van der Waals surface area (Å²) in [6, 6.07) is 2.22. The summed E-state index contributed by atoms with van der Waals surface area (Å²) in [6.45, 7) is 4.60. The zero-order valence-corrected chi connectivity index (χ0v) is 29.0. The second-order valence-electron chi connectivity index (χ2n) is 11.5. The Morgan fingerprint density at radius 1 is 1.08 bits per heavy atom. The number of oxime groups is 1. The highest BCUT2D eigenvalue weighted by molar-refractivity contribution is 8.00. The highest BCUT2D eigenvalue weighted by Crippen LogP contribution is 2.40. The van der Waals surface area contributed by atoms with Gasteiger partial charge in [-0.05, 0) is 13.3 Å². The number of aromatic nitrogens is 3. The minimum absolute atomic E-state index is 0.0497. The summed E-state index contributed by atoms with van der Waals surface area (Å²) in [5.41, 5.74) is 6.00. The first-order valence-corrected chi connectivity index (χ1v) is 18.2. The Balaban J connectivity index is 1.28. The number of carboxylic acids is 1. The number of nitrogens with two attached hydrogens (primary N) is 1. The van der Waals surface area contributed by atoms with Crippen molar-refractivity contribution in [3.05, 3.63) is 47.2 Å². The molecule has 1 saturated heterocycles. The minimum Gasteiger partial charge on any atom is -0.543 e. The first-order valence-electron chi connectivity index (χ1n) is 16.4. The first-order chi connectivity index (χ1) is 23.2. The lowest BCUT2D eigenvalue weighted by atomic mass is 10.0. The van der Waals surface area contributed by atoms with Crippen molar-refractivity contribution in [3.8, 4) is 0 Å². The molecule has 14 nitrogen and oxygen atoms in total. The standard InChI is InChI=1S/C32H43N7O7S2/c1-3-5-6-7-8-9-10-11-12-13-18-45-31(44)21-14-16-38(17-15-21)19-22-20-47-29-24(28(41)39(29)25(22)30(42)43)34-27(40)23(36-46-4-2)26-35-32(33)48-37-26/h14-17,24,29H,3-13,18-20H2,1-2H3,(H3-,33,34,35,37,40,42,43)/t24?,29-/m0/s1. The molecule has 48 heavy (non-hydrogen) atoms. The number of carbonyl (C=O) groups excluding carboxylic acids is 4. The van der Waals surface area contributed by atoms with Crippen molar-refractivity contribution in [1.82, 2.24) is 19.6 Å². The fourth-order valence-corrected chi connectivity index (χ4v) is 7.17. The van der Waals surface area contributed by atoms with Gasteiger partial charge < -0.3 is 30.5 Å². The number of fused-ring (bicyclic) bond motifs is 1. The highest BCUT2D eigenvalue weighted by Gasteiger charge is 2.53. The molecule has 2 aliphatic rings. The fourth-order valence-electron chi connectivity index (χ4n) is 5.40. The van der Waals surface area contributed by atoms with Gasteiger partial charge in [0.2, 0.25) is 11.5 Å². The first kappa shape index (κ1) is 36.8. The van der Waals surface area contributed by atoms with Gasteiger partial charge in [0.25, 0.3) is 11.8 Å². The second-order valence-corrected chi connectivity index (χ2v) is 13.4. The van der Waals surface area contributed by atoms with Crippen LogP contribution in [0.2, 0.25) is 0 Å². The van der Waals surface area contributed by atoms with Crippen molar-refractivity contribution in [2.24, 2.45) is 5.16 Å². The number of thioether (sulfide) groups is 1. The molecule has 4 rings (SSSR count). The Labute approximate surface area is 288 Å². The zero-order valence-electron chi connectivity index (χ0n) is 27.4. The number of nitrogens with one attached hydrogen (secondary N) is 1. The number of β-lactam (4-membered cyclic amide) rings is 1. The number of anilines is 1. The van der Waals surface area contributed by atoms with E-state index in [9.17, 15) is 24.3 Å². The molecule has 0 saturated carbocycles. The molecule has 16 heteroatoms. The number of rotatable bonds is 20. The molecular weight excluding hydrogens is 659 g/mol. The van der Waals surface area contributed by atoms with Gasteiger partial charge in [0.15, 0.2) is 24.1 Å². The number of unbranched alkanes of at least 4 members (excludes halogenated alkanes) is 9. The van der Waals surface area contributed by atoms with Gasteiger partial charge in [0, 0.05) is 35.0 Å². The molecule has 1 fully saturated rings. The molecule has 0 aliphatic carbocycles. The van der Waals surface area contributed by atoms with Gasteiger partial charge in [0.1, 0.15) is 18.0 Å². The van der Waals surface area contributed by atoms with E-state index in [1.54, 1.807) is 36.0 Å². The molecule has 2 aromatic heterocycles. The molecule has 2 amide bonds. The Bertz CT molecular complexity index is 1500. The summed E-state index contributed by atoms with van der Waals surface area (Å²) < 4.78 is 11.1. The zero-order chi connectivity index (χ0) is 34.5. The van der Waals surface area contributed by atoms with Crippen LogP contribution < -0.4 is 20.7 Å². The smallest absolute Gasteiger partial charge is 0.338 e. The second kappa shape index (κ2) is 18.5. The quantitative estimate of drug-likeness (QED) is 0.0514. The Morgan fingerprint density at radius 2 is 1.75 bits per heavy atom. The average molecular weight is 702 g/mol. The largest absolute Gasteiger partial charge is 0.543 e. The van der Waals surface area contributed by atoms with Crippen LogP contribution in [-0.4, -0.2) is 74.1 Å². The van der Waals surface area contributed by atoms with Crippen LogP contribution >= 0.6 is 23.3 Å². The van der Waals surface area contributed by atoms with E-state index in [0.717, 1.165) is 35.7 Å². The van der Waals surface area contributed by atoms with E-state index in [0.29, 0.717) is 17.7 Å². The van der Waals surface area contributed by atoms with E-state index >= 15 is 0 Å². The molecule has 3 N–H and O–H groups in total. The summed E-state index contributed by atoms with van der Waals surface area (Å²) in [5.74, 6) is -3.06. The van der Waals surface area contributed by atoms with Gasteiger partial charge in [-0.15, -0.1) is 11.8 Å². The maximum atomic E-state index is 13.2. The number of aliphatic carboxylic acids is 1. The summed E-state index contributed by atoms with van der Waals surface area (Å²) in [7, 11) is 0. The van der Waals surface area contributed by atoms with Crippen molar-refractivity contribution < 1.29 is 38.4 Å². The van der Waals surface area contributed by atoms with Crippen molar-refractivity contribution in [1.29, 1.82) is 0 Å². The van der Waals surface area contributed by atoms with Crippen LogP contribution in [0.5, 0.6) is 0 Å². The lowest BCUT2D eigenvalue weighted by Crippen LogP contribution is -2.71. The Morgan fingerprint density at radius 3 is 2.35 bits per heavy atom. The molecule has 2 aliphatic heterocycles. The average Bonchev–Trinajstić information content (AvgIpc) is 3.51. The molecular formula is C32H43N7O7S2. The van der Waals surface area contributed by atoms with E-state index in [4.69, 9.17) is 15.3 Å². The van der Waals surface area contributed by atoms with Crippen LogP contribution in [-0.2, 0) is 30.5 Å². The predicted molar refractivity (Wildman–Crippen MR) is 178 cm³/mol. The summed E-state index contributed by atoms with van der Waals surface area (Å²) >= 11 is 2.18. The lowest BCUT2D eigenvalue weighted by Gasteiger charge is -2.50. The third-order valence-electron chi connectivity index (χ3n) is 7.91. The number of carbonyl (C=O) groups is 4. The monoisotopic (exact) mass is 701 g/mol. The number of nitrogen functional groups attached to an aromatic ring is 1. The maximum Gasteiger partial charge on any atom is 0.338 e. The molecule has 4 heterocycles. The summed E-state index contributed by atoms with van der Waals surface area (Å²) in [4.78, 5) is 61.1. The van der Waals surface area contributed by atoms with E-state index < -0.39 is 35.2 Å². The number of pyridine rings is 1. The molecule has 2 aromatic rings. The van der Waals surface area contributed by atoms with Crippen molar-refractivity contribution in [2.75, 3.05) is 24.7 Å². The number of amides is 2. The normalized spacial score (nSPS) is 17.5. The van der Waals surface area contributed by atoms with Gasteiger partial charge in [-0.3, -0.25) is 14.5 Å². The van der Waals surface area contributed by atoms with E-state index in [2.05, 4.69) is 26.8 Å². The van der Waals surface area contributed by atoms with Gasteiger partial charge in [-0.1, -0.05) is 69.9 Å². The van der Waals surface area contributed by atoms with Gasteiger partial charge >= 0.3 is 5.97 Å². The van der Waals surface area contributed by atoms with Gasteiger partial charge in [-0.25, -0.2) is 9.36 Å². The molecule has 2 atom stereocenters.